The number of hydrogen-bond acceptors (Lipinski definition) is 2. The van der Waals surface area contributed by atoms with Crippen LogP contribution in [0, 0.1) is 0 Å². The van der Waals surface area contributed by atoms with Gasteiger partial charge in [0.2, 0.25) is 5.91 Å². The molecule has 0 saturated carbocycles. The summed E-state index contributed by atoms with van der Waals surface area (Å²) in [5.41, 5.74) is 1.58. The summed E-state index contributed by atoms with van der Waals surface area (Å²) in [4.78, 5) is 12.1. The Morgan fingerprint density at radius 2 is 1.50 bits per heavy atom. The van der Waals surface area contributed by atoms with Gasteiger partial charge in [-0.2, -0.15) is 0 Å². The first-order valence-electron chi connectivity index (χ1n) is 6.37. The third kappa shape index (κ3) is 3.59. The minimum Gasteiger partial charge on any atom is -0.394 e. The number of carbonyl (C=O) groups excluding carboxylic acids is 1. The van der Waals surface area contributed by atoms with Gasteiger partial charge in [-0.15, -0.1) is 11.6 Å². The van der Waals surface area contributed by atoms with E-state index in [1.54, 1.807) is 12.1 Å². The molecule has 0 aliphatic heterocycles. The van der Waals surface area contributed by atoms with Crippen LogP contribution in [0.25, 0.3) is 0 Å². The maximum Gasteiger partial charge on any atom is 0.243 e. The molecule has 4 heteroatoms. The van der Waals surface area contributed by atoms with E-state index in [0.29, 0.717) is 0 Å². The third-order valence-electron chi connectivity index (χ3n) is 3.02. The van der Waals surface area contributed by atoms with Crippen molar-refractivity contribution in [3.05, 3.63) is 71.8 Å². The Labute approximate surface area is 123 Å². The second-order valence-electron chi connectivity index (χ2n) is 4.43. The van der Waals surface area contributed by atoms with Crippen LogP contribution in [0.3, 0.4) is 0 Å². The molecule has 0 bridgehead atoms. The lowest BCUT2D eigenvalue weighted by atomic mass is 10.1. The topological polar surface area (TPSA) is 49.3 Å². The van der Waals surface area contributed by atoms with Gasteiger partial charge in [0.15, 0.2) is 0 Å². The van der Waals surface area contributed by atoms with E-state index in [4.69, 9.17) is 11.6 Å². The SMILES string of the molecule is O=C(N[C@@H](CO)c1ccccc1)C(Cl)c1ccccc1. The normalized spacial score (nSPS) is 13.5. The average Bonchev–Trinajstić information content (AvgIpc) is 2.53. The van der Waals surface area contributed by atoms with Crippen LogP contribution in [0.15, 0.2) is 60.7 Å². The van der Waals surface area contributed by atoms with Gasteiger partial charge >= 0.3 is 0 Å². The Morgan fingerprint density at radius 3 is 2.00 bits per heavy atom. The molecule has 2 aromatic rings. The van der Waals surface area contributed by atoms with Crippen molar-refractivity contribution in [3.8, 4) is 0 Å². The molecule has 0 aliphatic rings. The lowest BCUT2D eigenvalue weighted by Gasteiger charge is -2.19. The first kappa shape index (κ1) is 14.6. The number of aliphatic hydroxyl groups is 1. The summed E-state index contributed by atoms with van der Waals surface area (Å²) >= 11 is 6.15. The van der Waals surface area contributed by atoms with Crippen LogP contribution >= 0.6 is 11.6 Å². The highest BCUT2D eigenvalue weighted by molar-refractivity contribution is 6.30. The van der Waals surface area contributed by atoms with Crippen molar-refractivity contribution in [3.63, 3.8) is 0 Å². The van der Waals surface area contributed by atoms with Crippen molar-refractivity contribution in [2.45, 2.75) is 11.4 Å². The lowest BCUT2D eigenvalue weighted by Crippen LogP contribution is -2.33. The lowest BCUT2D eigenvalue weighted by molar-refractivity contribution is -0.121. The molecule has 0 aliphatic carbocycles. The Morgan fingerprint density at radius 1 is 1.00 bits per heavy atom. The zero-order valence-corrected chi connectivity index (χ0v) is 11.6. The predicted molar refractivity (Wildman–Crippen MR) is 79.4 cm³/mol. The summed E-state index contributed by atoms with van der Waals surface area (Å²) < 4.78 is 0. The monoisotopic (exact) mass is 289 g/mol. The highest BCUT2D eigenvalue weighted by atomic mass is 35.5. The minimum atomic E-state index is -0.769. The quantitative estimate of drug-likeness (QED) is 0.832. The first-order valence-corrected chi connectivity index (χ1v) is 6.81. The van der Waals surface area contributed by atoms with Gasteiger partial charge in [-0.05, 0) is 11.1 Å². The third-order valence-corrected chi connectivity index (χ3v) is 3.47. The van der Waals surface area contributed by atoms with Crippen LogP contribution in [-0.2, 0) is 4.79 Å². The van der Waals surface area contributed by atoms with Gasteiger partial charge in [0.05, 0.1) is 12.6 Å². The molecule has 0 fully saturated rings. The number of aliphatic hydroxyl groups excluding tert-OH is 1. The molecule has 20 heavy (non-hydrogen) atoms. The zero-order valence-electron chi connectivity index (χ0n) is 10.9. The van der Waals surface area contributed by atoms with Gasteiger partial charge in [0.25, 0.3) is 0 Å². The molecule has 3 nitrogen and oxygen atoms in total. The van der Waals surface area contributed by atoms with E-state index in [-0.39, 0.29) is 12.5 Å². The van der Waals surface area contributed by atoms with E-state index in [1.807, 2.05) is 48.5 Å². The molecule has 0 spiro atoms. The molecule has 1 amide bonds. The number of benzene rings is 2. The Balaban J connectivity index is 2.06. The van der Waals surface area contributed by atoms with Gasteiger partial charge in [0, 0.05) is 0 Å². The van der Waals surface area contributed by atoms with E-state index in [9.17, 15) is 9.90 Å². The molecule has 104 valence electrons. The number of hydrogen-bond donors (Lipinski definition) is 2. The van der Waals surface area contributed by atoms with Crippen LogP contribution in [0.4, 0.5) is 0 Å². The van der Waals surface area contributed by atoms with Crippen LogP contribution in [0.5, 0.6) is 0 Å². The van der Waals surface area contributed by atoms with Gasteiger partial charge in [-0.1, -0.05) is 60.7 Å². The van der Waals surface area contributed by atoms with Gasteiger partial charge < -0.3 is 10.4 Å². The number of carbonyl (C=O) groups is 1. The van der Waals surface area contributed by atoms with E-state index < -0.39 is 11.4 Å². The Hall–Kier alpha value is -1.84. The largest absolute Gasteiger partial charge is 0.394 e. The van der Waals surface area contributed by atoms with Crippen molar-refractivity contribution in [2.24, 2.45) is 0 Å². The highest BCUT2D eigenvalue weighted by Gasteiger charge is 2.21. The standard InChI is InChI=1S/C16H16ClNO2/c17-15(13-9-5-2-6-10-13)16(20)18-14(11-19)12-7-3-1-4-8-12/h1-10,14-15,19H,11H2,(H,18,20)/t14-,15?/m0/s1. The summed E-state index contributed by atoms with van der Waals surface area (Å²) in [7, 11) is 0. The number of amides is 1. The predicted octanol–water partition coefficient (Wildman–Crippen LogP) is 2.82. The fourth-order valence-corrected chi connectivity index (χ4v) is 2.15. The van der Waals surface area contributed by atoms with Crippen molar-refractivity contribution in [2.75, 3.05) is 6.61 Å². The van der Waals surface area contributed by atoms with Crippen LogP contribution in [-0.4, -0.2) is 17.6 Å². The zero-order chi connectivity index (χ0) is 14.4. The number of alkyl halides is 1. The average molecular weight is 290 g/mol. The second-order valence-corrected chi connectivity index (χ2v) is 4.86. The molecule has 2 rings (SSSR count). The Bertz CT molecular complexity index is 545. The summed E-state index contributed by atoms with van der Waals surface area (Å²) in [5, 5.41) is 11.4. The smallest absolute Gasteiger partial charge is 0.243 e. The molecule has 2 N–H and O–H groups in total. The molecular formula is C16H16ClNO2. The van der Waals surface area contributed by atoms with Crippen molar-refractivity contribution in [1.29, 1.82) is 0 Å². The fraction of sp³-hybridized carbons (Fsp3) is 0.188. The first-order chi connectivity index (χ1) is 9.72. The Kier molecular flexibility index (Phi) is 5.16. The van der Waals surface area contributed by atoms with E-state index >= 15 is 0 Å². The van der Waals surface area contributed by atoms with Gasteiger partial charge in [-0.25, -0.2) is 0 Å². The van der Waals surface area contributed by atoms with Crippen molar-refractivity contribution >= 4 is 17.5 Å². The molecule has 0 heterocycles. The molecule has 2 atom stereocenters. The van der Waals surface area contributed by atoms with Crippen LogP contribution < -0.4 is 5.32 Å². The summed E-state index contributed by atoms with van der Waals surface area (Å²) in [6.45, 7) is -0.172. The van der Waals surface area contributed by atoms with Gasteiger partial charge in [-0.3, -0.25) is 4.79 Å². The number of rotatable bonds is 5. The van der Waals surface area contributed by atoms with Gasteiger partial charge in [0.1, 0.15) is 5.38 Å². The maximum absolute atomic E-state index is 12.1. The second kappa shape index (κ2) is 7.08. The van der Waals surface area contributed by atoms with E-state index in [1.165, 1.54) is 0 Å². The van der Waals surface area contributed by atoms with E-state index in [2.05, 4.69) is 5.32 Å². The number of nitrogens with one attached hydrogen (secondary N) is 1. The van der Waals surface area contributed by atoms with Crippen molar-refractivity contribution < 1.29 is 9.90 Å². The molecule has 0 aromatic heterocycles. The summed E-state index contributed by atoms with van der Waals surface area (Å²) in [6.07, 6.45) is 0. The molecular weight excluding hydrogens is 274 g/mol. The molecule has 0 radical (unpaired) electrons. The summed E-state index contributed by atoms with van der Waals surface area (Å²) in [5.74, 6) is -0.319. The fourth-order valence-electron chi connectivity index (χ4n) is 1.94. The molecule has 2 aromatic carbocycles. The van der Waals surface area contributed by atoms with Crippen LogP contribution in [0.1, 0.15) is 22.5 Å². The molecule has 0 saturated heterocycles. The minimum absolute atomic E-state index is 0.172. The molecule has 1 unspecified atom stereocenters. The van der Waals surface area contributed by atoms with Crippen molar-refractivity contribution in [1.82, 2.24) is 5.32 Å². The van der Waals surface area contributed by atoms with E-state index in [0.717, 1.165) is 11.1 Å². The highest BCUT2D eigenvalue weighted by Crippen LogP contribution is 2.22. The summed E-state index contributed by atoms with van der Waals surface area (Å²) in [6, 6.07) is 18.0. The maximum atomic E-state index is 12.1. The number of halogens is 1. The van der Waals surface area contributed by atoms with Crippen LogP contribution in [0.2, 0.25) is 0 Å².